The lowest BCUT2D eigenvalue weighted by molar-refractivity contribution is 0.0457. The third-order valence-corrected chi connectivity index (χ3v) is 5.08. The molecular formula is C29H36O7. The van der Waals surface area contributed by atoms with Gasteiger partial charge in [-0.2, -0.15) is 0 Å². The Kier molecular flexibility index (Phi) is 12.3. The van der Waals surface area contributed by atoms with Gasteiger partial charge in [0.25, 0.3) is 0 Å². The summed E-state index contributed by atoms with van der Waals surface area (Å²) in [6, 6.07) is 9.95. The number of carbonyl (C=O) groups is 1. The van der Waals surface area contributed by atoms with E-state index in [1.54, 1.807) is 30.3 Å². The van der Waals surface area contributed by atoms with Crippen molar-refractivity contribution in [3.8, 4) is 23.0 Å². The van der Waals surface area contributed by atoms with Gasteiger partial charge in [0.05, 0.1) is 5.56 Å². The third kappa shape index (κ3) is 9.98. The van der Waals surface area contributed by atoms with Crippen LogP contribution in [0.5, 0.6) is 23.0 Å². The predicted octanol–water partition coefficient (Wildman–Crippen LogP) is 6.33. The van der Waals surface area contributed by atoms with Crippen LogP contribution in [0.3, 0.4) is 0 Å². The molecule has 0 aliphatic rings. The number of phenols is 1. The Balaban J connectivity index is 2.02. The molecule has 0 aliphatic carbocycles. The molecule has 1 N–H and O–H groups in total. The van der Waals surface area contributed by atoms with E-state index in [0.29, 0.717) is 35.0 Å². The highest BCUT2D eigenvalue weighted by atomic mass is 16.7. The van der Waals surface area contributed by atoms with Gasteiger partial charge in [-0.05, 0) is 76.1 Å². The van der Waals surface area contributed by atoms with Gasteiger partial charge in [-0.1, -0.05) is 17.2 Å². The van der Waals surface area contributed by atoms with E-state index in [2.05, 4.69) is 32.9 Å². The first kappa shape index (κ1) is 28.7. The number of rotatable bonds is 15. The van der Waals surface area contributed by atoms with Crippen molar-refractivity contribution in [2.45, 2.75) is 33.6 Å². The van der Waals surface area contributed by atoms with Crippen LogP contribution in [0.4, 0.5) is 0 Å². The number of aromatic hydroxyl groups is 1. The summed E-state index contributed by atoms with van der Waals surface area (Å²) in [5, 5.41) is 10.5. The molecule has 2 rings (SSSR count). The molecule has 0 bridgehead atoms. The number of hydrogen-bond acceptors (Lipinski definition) is 7. The second-order valence-electron chi connectivity index (χ2n) is 8.36. The minimum absolute atomic E-state index is 0.0166. The summed E-state index contributed by atoms with van der Waals surface area (Å²) in [4.78, 5) is 12.7. The zero-order valence-electron chi connectivity index (χ0n) is 21.7. The van der Waals surface area contributed by atoms with Gasteiger partial charge in [0.2, 0.25) is 0 Å². The van der Waals surface area contributed by atoms with Crippen molar-refractivity contribution in [1.82, 2.24) is 0 Å². The molecule has 0 saturated carbocycles. The monoisotopic (exact) mass is 496 g/mol. The zero-order chi connectivity index (χ0) is 26.3. The van der Waals surface area contributed by atoms with Crippen LogP contribution in [0.15, 0.2) is 65.8 Å². The molecule has 194 valence electrons. The van der Waals surface area contributed by atoms with Crippen LogP contribution < -0.4 is 14.2 Å². The van der Waals surface area contributed by atoms with E-state index in [9.17, 15) is 9.90 Å². The number of ether oxygens (including phenoxy) is 5. The number of hydrogen-bond donors (Lipinski definition) is 1. The first-order chi connectivity index (χ1) is 17.3. The number of phenolic OH excluding ortho intramolecular Hbond substituents is 1. The number of carbonyl (C=O) groups excluding carboxylic acids is 1. The summed E-state index contributed by atoms with van der Waals surface area (Å²) < 4.78 is 26.5. The Morgan fingerprint density at radius 3 is 2.25 bits per heavy atom. The highest BCUT2D eigenvalue weighted by molar-refractivity contribution is 6.07. The van der Waals surface area contributed by atoms with Crippen LogP contribution in [-0.2, 0) is 9.47 Å². The Morgan fingerprint density at radius 2 is 1.58 bits per heavy atom. The lowest BCUT2D eigenvalue weighted by atomic mass is 10.1. The minimum atomic E-state index is -0.228. The maximum Gasteiger partial charge on any atom is 0.188 e. The molecule has 0 amide bonds. The van der Waals surface area contributed by atoms with Crippen molar-refractivity contribution in [3.63, 3.8) is 0 Å². The maximum absolute atomic E-state index is 12.7. The summed E-state index contributed by atoms with van der Waals surface area (Å²) in [5.74, 6) is 1.01. The first-order valence-electron chi connectivity index (χ1n) is 11.7. The predicted molar refractivity (Wildman–Crippen MR) is 141 cm³/mol. The van der Waals surface area contributed by atoms with E-state index >= 15 is 0 Å². The van der Waals surface area contributed by atoms with Crippen molar-refractivity contribution in [2.75, 3.05) is 34.4 Å². The fourth-order valence-electron chi connectivity index (χ4n) is 3.15. The molecule has 7 heteroatoms. The van der Waals surface area contributed by atoms with Crippen LogP contribution in [0.25, 0.3) is 6.08 Å². The second-order valence-corrected chi connectivity index (χ2v) is 8.36. The molecule has 7 nitrogen and oxygen atoms in total. The van der Waals surface area contributed by atoms with E-state index in [0.717, 1.165) is 12.8 Å². The molecular weight excluding hydrogens is 460 g/mol. The second kappa shape index (κ2) is 15.4. The van der Waals surface area contributed by atoms with E-state index < -0.39 is 0 Å². The summed E-state index contributed by atoms with van der Waals surface area (Å²) in [6.07, 6.45) is 9.20. The van der Waals surface area contributed by atoms with Crippen molar-refractivity contribution in [3.05, 3.63) is 76.9 Å². The standard InChI is InChI=1S/C29H36O7/c1-21(2)7-6-8-22(3)15-16-34-24-11-9-23(10-12-24)27(30)14-13-26-28(31)17-25(35-19-32-4)18-29(26)36-20-33-5/h7,9-15,17-18,31H,6,8,16,19-20H2,1-5H3/b14-13+,22-15+. The molecule has 0 atom stereocenters. The van der Waals surface area contributed by atoms with E-state index in [1.165, 1.54) is 43.6 Å². The topological polar surface area (TPSA) is 83.5 Å². The SMILES string of the molecule is COCOc1cc(O)c(/C=C/C(=O)c2ccc(OC/C=C(\C)CCC=C(C)C)cc2)c(OCOC)c1. The highest BCUT2D eigenvalue weighted by Crippen LogP contribution is 2.35. The molecule has 0 unspecified atom stereocenters. The van der Waals surface area contributed by atoms with Crippen LogP contribution >= 0.6 is 0 Å². The largest absolute Gasteiger partial charge is 0.507 e. The average molecular weight is 497 g/mol. The zero-order valence-corrected chi connectivity index (χ0v) is 21.7. The normalized spacial score (nSPS) is 11.4. The molecule has 0 spiro atoms. The molecule has 0 fully saturated rings. The molecule has 2 aromatic carbocycles. The van der Waals surface area contributed by atoms with Crippen molar-refractivity contribution < 1.29 is 33.6 Å². The summed E-state index contributed by atoms with van der Waals surface area (Å²) in [6.45, 7) is 6.75. The summed E-state index contributed by atoms with van der Waals surface area (Å²) >= 11 is 0. The number of ketones is 1. The number of benzene rings is 2. The molecule has 2 aromatic rings. The van der Waals surface area contributed by atoms with Gasteiger partial charge in [0.1, 0.15) is 29.6 Å². The lowest BCUT2D eigenvalue weighted by Gasteiger charge is -2.13. The molecule has 0 aromatic heterocycles. The molecule has 0 radical (unpaired) electrons. The average Bonchev–Trinajstić information content (AvgIpc) is 2.85. The maximum atomic E-state index is 12.7. The van der Waals surface area contributed by atoms with Gasteiger partial charge in [-0.25, -0.2) is 0 Å². The quantitative estimate of drug-likeness (QED) is 0.134. The van der Waals surface area contributed by atoms with Crippen LogP contribution in [-0.4, -0.2) is 45.3 Å². The van der Waals surface area contributed by atoms with E-state index in [1.807, 2.05) is 0 Å². The number of methoxy groups -OCH3 is 2. The molecule has 0 saturated heterocycles. The Labute approximate surface area is 213 Å². The fraction of sp³-hybridized carbons (Fsp3) is 0.345. The Hall–Kier alpha value is -3.55. The van der Waals surface area contributed by atoms with Crippen molar-refractivity contribution >= 4 is 11.9 Å². The molecule has 36 heavy (non-hydrogen) atoms. The lowest BCUT2D eigenvalue weighted by Crippen LogP contribution is -2.03. The van der Waals surface area contributed by atoms with Gasteiger partial charge >= 0.3 is 0 Å². The van der Waals surface area contributed by atoms with Crippen LogP contribution in [0.1, 0.15) is 49.5 Å². The molecule has 0 heterocycles. The minimum Gasteiger partial charge on any atom is -0.507 e. The summed E-state index contributed by atoms with van der Waals surface area (Å²) in [7, 11) is 2.98. The highest BCUT2D eigenvalue weighted by Gasteiger charge is 2.12. The van der Waals surface area contributed by atoms with Gasteiger partial charge in [-0.3, -0.25) is 4.79 Å². The van der Waals surface area contributed by atoms with Gasteiger partial charge < -0.3 is 28.8 Å². The number of allylic oxidation sites excluding steroid dienone is 4. The van der Waals surface area contributed by atoms with Gasteiger partial charge in [0, 0.05) is 31.9 Å². The Bertz CT molecular complexity index is 1060. The third-order valence-electron chi connectivity index (χ3n) is 5.08. The molecule has 0 aliphatic heterocycles. The first-order valence-corrected chi connectivity index (χ1v) is 11.7. The van der Waals surface area contributed by atoms with E-state index in [4.69, 9.17) is 23.7 Å². The van der Waals surface area contributed by atoms with Crippen LogP contribution in [0, 0.1) is 0 Å². The van der Waals surface area contributed by atoms with Gasteiger partial charge in [0.15, 0.2) is 19.4 Å². The van der Waals surface area contributed by atoms with Crippen LogP contribution in [0.2, 0.25) is 0 Å². The Morgan fingerprint density at radius 1 is 0.889 bits per heavy atom. The fourth-order valence-corrected chi connectivity index (χ4v) is 3.15. The summed E-state index contributed by atoms with van der Waals surface area (Å²) in [5.41, 5.74) is 3.42. The van der Waals surface area contributed by atoms with Gasteiger partial charge in [-0.15, -0.1) is 0 Å². The van der Waals surface area contributed by atoms with Crippen molar-refractivity contribution in [1.29, 1.82) is 0 Å². The van der Waals surface area contributed by atoms with E-state index in [-0.39, 0.29) is 25.1 Å². The van der Waals surface area contributed by atoms with Crippen molar-refractivity contribution in [2.24, 2.45) is 0 Å². The smallest absolute Gasteiger partial charge is 0.188 e.